The van der Waals surface area contributed by atoms with Gasteiger partial charge in [0, 0.05) is 18.3 Å². The van der Waals surface area contributed by atoms with Gasteiger partial charge in [0.1, 0.15) is 0 Å². The van der Waals surface area contributed by atoms with Crippen molar-refractivity contribution in [3.63, 3.8) is 0 Å². The van der Waals surface area contributed by atoms with Crippen molar-refractivity contribution in [2.24, 2.45) is 0 Å². The summed E-state index contributed by atoms with van der Waals surface area (Å²) in [4.78, 5) is 0. The lowest BCUT2D eigenvalue weighted by atomic mass is 10.1. The average Bonchev–Trinajstić information content (AvgIpc) is 2.60. The molecule has 1 atom stereocenters. The molecule has 0 amide bonds. The van der Waals surface area contributed by atoms with E-state index in [0.29, 0.717) is 6.04 Å². The van der Waals surface area contributed by atoms with Crippen molar-refractivity contribution in [1.29, 1.82) is 0 Å². The van der Waals surface area contributed by atoms with Crippen molar-refractivity contribution in [3.05, 3.63) is 17.5 Å². The van der Waals surface area contributed by atoms with Crippen molar-refractivity contribution in [2.75, 3.05) is 6.54 Å². The topological polar surface area (TPSA) is 29.9 Å². The Morgan fingerprint density at radius 2 is 2.12 bits per heavy atom. The zero-order valence-corrected chi connectivity index (χ0v) is 11.8. The minimum Gasteiger partial charge on any atom is -0.314 e. The van der Waals surface area contributed by atoms with Crippen molar-refractivity contribution >= 4 is 0 Å². The fraction of sp³-hybridized carbons (Fsp3) is 0.786. The van der Waals surface area contributed by atoms with Crippen molar-refractivity contribution in [2.45, 2.75) is 66.0 Å². The highest BCUT2D eigenvalue weighted by Crippen LogP contribution is 2.06. The van der Waals surface area contributed by atoms with E-state index in [-0.39, 0.29) is 0 Å². The maximum absolute atomic E-state index is 4.48. The molecular weight excluding hydrogens is 210 g/mol. The Labute approximate surface area is 106 Å². The van der Waals surface area contributed by atoms with E-state index < -0.39 is 0 Å². The lowest BCUT2D eigenvalue weighted by molar-refractivity contribution is 0.463. The molecule has 1 N–H and O–H groups in total. The molecule has 1 unspecified atom stereocenters. The SMILES string of the molecule is CCCNC(C)CCCCn1nc(C)cc1C. The first-order valence-corrected chi connectivity index (χ1v) is 6.88. The number of hydrogen-bond donors (Lipinski definition) is 1. The normalized spacial score (nSPS) is 12.9. The average molecular weight is 237 g/mol. The minimum absolute atomic E-state index is 0.649. The third-order valence-electron chi connectivity index (χ3n) is 3.10. The van der Waals surface area contributed by atoms with Gasteiger partial charge in [0.15, 0.2) is 0 Å². The van der Waals surface area contributed by atoms with Crippen LogP contribution in [0.25, 0.3) is 0 Å². The molecule has 1 aromatic rings. The molecule has 0 aromatic carbocycles. The highest BCUT2D eigenvalue weighted by atomic mass is 15.3. The van der Waals surface area contributed by atoms with Gasteiger partial charge in [-0.25, -0.2) is 0 Å². The molecule has 0 fully saturated rings. The van der Waals surface area contributed by atoms with Gasteiger partial charge in [0.25, 0.3) is 0 Å². The fourth-order valence-corrected chi connectivity index (χ4v) is 2.11. The van der Waals surface area contributed by atoms with Crippen LogP contribution in [-0.4, -0.2) is 22.4 Å². The summed E-state index contributed by atoms with van der Waals surface area (Å²) in [6.45, 7) is 10.9. The van der Waals surface area contributed by atoms with Crippen LogP contribution in [0.4, 0.5) is 0 Å². The molecule has 0 saturated heterocycles. The van der Waals surface area contributed by atoms with E-state index in [9.17, 15) is 0 Å². The number of hydrogen-bond acceptors (Lipinski definition) is 2. The van der Waals surface area contributed by atoms with Crippen LogP contribution < -0.4 is 5.32 Å². The van der Waals surface area contributed by atoms with E-state index in [1.807, 2.05) is 0 Å². The summed E-state index contributed by atoms with van der Waals surface area (Å²) in [5.74, 6) is 0. The smallest absolute Gasteiger partial charge is 0.0596 e. The molecule has 0 saturated carbocycles. The summed E-state index contributed by atoms with van der Waals surface area (Å²) < 4.78 is 2.12. The molecule has 17 heavy (non-hydrogen) atoms. The van der Waals surface area contributed by atoms with Gasteiger partial charge in [-0.1, -0.05) is 13.3 Å². The molecular formula is C14H27N3. The number of aryl methyl sites for hydroxylation is 3. The first-order chi connectivity index (χ1) is 8.13. The molecule has 1 rings (SSSR count). The van der Waals surface area contributed by atoms with Crippen LogP contribution in [0.3, 0.4) is 0 Å². The Morgan fingerprint density at radius 1 is 1.35 bits per heavy atom. The van der Waals surface area contributed by atoms with Crippen LogP contribution in [0.5, 0.6) is 0 Å². The van der Waals surface area contributed by atoms with Gasteiger partial charge >= 0.3 is 0 Å². The van der Waals surface area contributed by atoms with Crippen LogP contribution in [0.2, 0.25) is 0 Å². The van der Waals surface area contributed by atoms with Crippen LogP contribution in [0.15, 0.2) is 6.07 Å². The molecule has 0 aliphatic rings. The van der Waals surface area contributed by atoms with E-state index in [1.165, 1.54) is 31.4 Å². The third kappa shape index (κ3) is 5.35. The second-order valence-corrected chi connectivity index (χ2v) is 5.00. The van der Waals surface area contributed by atoms with E-state index in [4.69, 9.17) is 0 Å². The fourth-order valence-electron chi connectivity index (χ4n) is 2.11. The summed E-state index contributed by atoms with van der Waals surface area (Å²) in [5, 5.41) is 8.00. The highest BCUT2D eigenvalue weighted by Gasteiger charge is 2.02. The van der Waals surface area contributed by atoms with E-state index >= 15 is 0 Å². The molecule has 3 heteroatoms. The zero-order chi connectivity index (χ0) is 12.7. The lowest BCUT2D eigenvalue weighted by Crippen LogP contribution is -2.26. The maximum Gasteiger partial charge on any atom is 0.0596 e. The van der Waals surface area contributed by atoms with Crippen LogP contribution in [0, 0.1) is 13.8 Å². The molecule has 1 aromatic heterocycles. The summed E-state index contributed by atoms with van der Waals surface area (Å²) in [6, 6.07) is 2.79. The third-order valence-corrected chi connectivity index (χ3v) is 3.10. The number of nitrogens with zero attached hydrogens (tertiary/aromatic N) is 2. The standard InChI is InChI=1S/C14H27N3/c1-5-9-15-12(2)8-6-7-10-17-14(4)11-13(3)16-17/h11-12,15H,5-10H2,1-4H3. The van der Waals surface area contributed by atoms with Gasteiger partial charge in [0.2, 0.25) is 0 Å². The molecule has 3 nitrogen and oxygen atoms in total. The van der Waals surface area contributed by atoms with Gasteiger partial charge in [0.05, 0.1) is 5.69 Å². The van der Waals surface area contributed by atoms with Gasteiger partial charge < -0.3 is 5.32 Å². The van der Waals surface area contributed by atoms with E-state index in [1.54, 1.807) is 0 Å². The van der Waals surface area contributed by atoms with Gasteiger partial charge in [-0.3, -0.25) is 4.68 Å². The molecule has 98 valence electrons. The molecule has 0 aliphatic heterocycles. The summed E-state index contributed by atoms with van der Waals surface area (Å²) in [5.41, 5.74) is 2.40. The van der Waals surface area contributed by atoms with Crippen LogP contribution in [-0.2, 0) is 6.54 Å². The molecule has 0 aliphatic carbocycles. The first-order valence-electron chi connectivity index (χ1n) is 6.88. The summed E-state index contributed by atoms with van der Waals surface area (Å²) >= 11 is 0. The van der Waals surface area contributed by atoms with Crippen molar-refractivity contribution < 1.29 is 0 Å². The Morgan fingerprint density at radius 3 is 2.71 bits per heavy atom. The van der Waals surface area contributed by atoms with Gasteiger partial charge in [-0.05, 0) is 52.6 Å². The highest BCUT2D eigenvalue weighted by molar-refractivity contribution is 5.06. The lowest BCUT2D eigenvalue weighted by Gasteiger charge is -2.12. The Hall–Kier alpha value is -0.830. The van der Waals surface area contributed by atoms with Crippen LogP contribution in [0.1, 0.15) is 50.9 Å². The van der Waals surface area contributed by atoms with Crippen molar-refractivity contribution in [3.8, 4) is 0 Å². The Kier molecular flexibility index (Phi) is 6.27. The predicted molar refractivity (Wildman–Crippen MR) is 73.3 cm³/mol. The van der Waals surface area contributed by atoms with Crippen LogP contribution >= 0.6 is 0 Å². The zero-order valence-electron chi connectivity index (χ0n) is 11.8. The summed E-state index contributed by atoms with van der Waals surface area (Å²) in [7, 11) is 0. The largest absolute Gasteiger partial charge is 0.314 e. The molecule has 0 radical (unpaired) electrons. The Balaban J connectivity index is 2.14. The number of unbranched alkanes of at least 4 members (excludes halogenated alkanes) is 1. The molecule has 0 bridgehead atoms. The molecule has 0 spiro atoms. The van der Waals surface area contributed by atoms with Gasteiger partial charge in [-0.15, -0.1) is 0 Å². The second-order valence-electron chi connectivity index (χ2n) is 5.00. The number of aromatic nitrogens is 2. The number of rotatable bonds is 8. The van der Waals surface area contributed by atoms with E-state index in [0.717, 1.165) is 18.8 Å². The summed E-state index contributed by atoms with van der Waals surface area (Å²) in [6.07, 6.45) is 4.98. The van der Waals surface area contributed by atoms with Crippen molar-refractivity contribution in [1.82, 2.24) is 15.1 Å². The Bertz CT molecular complexity index is 317. The maximum atomic E-state index is 4.48. The first kappa shape index (κ1) is 14.2. The van der Waals surface area contributed by atoms with E-state index in [2.05, 4.69) is 48.9 Å². The molecule has 1 heterocycles. The monoisotopic (exact) mass is 237 g/mol. The quantitative estimate of drug-likeness (QED) is 0.704. The number of nitrogens with one attached hydrogen (secondary N) is 1. The van der Waals surface area contributed by atoms with Gasteiger partial charge in [-0.2, -0.15) is 5.10 Å². The second kappa shape index (κ2) is 7.49. The predicted octanol–water partition coefficient (Wildman–Crippen LogP) is 3.06. The minimum atomic E-state index is 0.649.